The number of benzene rings is 1. The molecule has 1 heterocycles. The standard InChI is InChI=1S/C9H11F2O6.C6H5.Bi.H/c1-8(2)16-3-5(17-8)6(15-4-12)9(10,11)7(13)14;1-2-4-6-5-3-1;;/h5-6H,3H2,1-2H3,(H,13,14);1-5H;;/t5-,6?;;;/m1.../s1. The third kappa shape index (κ3) is 4.68. The van der Waals surface area contributed by atoms with Crippen LogP contribution in [0.25, 0.3) is 0 Å². The number of halogens is 2. The number of carbonyl (C=O) groups excluding carboxylic acids is 1. The molecule has 0 saturated carbocycles. The van der Waals surface area contributed by atoms with Gasteiger partial charge in [-0.2, -0.15) is 0 Å². The molecule has 1 unspecified atom stereocenters. The summed E-state index contributed by atoms with van der Waals surface area (Å²) in [5.74, 6) is -7.79. The van der Waals surface area contributed by atoms with Crippen LogP contribution in [0.4, 0.5) is 13.6 Å². The molecule has 1 fully saturated rings. The van der Waals surface area contributed by atoms with Gasteiger partial charge in [0.15, 0.2) is 0 Å². The summed E-state index contributed by atoms with van der Waals surface area (Å²) in [5.41, 5.74) is 0. The number of aliphatic carboxylic acids is 1. The fourth-order valence-corrected chi connectivity index (χ4v) is 5.19. The number of ether oxygens (including phenoxy) is 3. The number of rotatable bonds is 6. The van der Waals surface area contributed by atoms with Crippen molar-refractivity contribution in [2.45, 2.75) is 37.8 Å². The van der Waals surface area contributed by atoms with Crippen LogP contribution >= 0.6 is 0 Å². The average Bonchev–Trinajstić information content (AvgIpc) is 2.85. The van der Waals surface area contributed by atoms with Crippen molar-refractivity contribution in [2.24, 2.45) is 0 Å². The van der Waals surface area contributed by atoms with Crippen molar-refractivity contribution in [3.63, 3.8) is 0 Å². The van der Waals surface area contributed by atoms with Crippen molar-refractivity contribution in [1.29, 1.82) is 0 Å². The van der Waals surface area contributed by atoms with Gasteiger partial charge in [0.05, 0.1) is 0 Å². The van der Waals surface area contributed by atoms with Crippen LogP contribution in [0.15, 0.2) is 30.3 Å². The molecule has 1 aliphatic heterocycles. The Bertz CT molecular complexity index is 607. The normalized spacial score (nSPS) is 21.2. The molecule has 0 spiro atoms. The summed E-state index contributed by atoms with van der Waals surface area (Å²) in [7, 11) is 0. The van der Waals surface area contributed by atoms with Crippen LogP contribution in [-0.4, -0.2) is 68.5 Å². The molecular weight excluding hydrogens is 523 g/mol. The van der Waals surface area contributed by atoms with Crippen molar-refractivity contribution < 1.29 is 37.7 Å². The molecule has 0 amide bonds. The Morgan fingerprint density at radius 2 is 2.00 bits per heavy atom. The summed E-state index contributed by atoms with van der Waals surface area (Å²) in [6, 6.07) is 8.66. The van der Waals surface area contributed by atoms with Crippen LogP contribution in [0.1, 0.15) is 13.8 Å². The van der Waals surface area contributed by atoms with Crippen LogP contribution < -0.4 is 3.27 Å². The van der Waals surface area contributed by atoms with Crippen LogP contribution in [0.3, 0.4) is 0 Å². The second-order valence-corrected chi connectivity index (χ2v) is 10.4. The van der Waals surface area contributed by atoms with Crippen molar-refractivity contribution in [1.82, 2.24) is 0 Å². The van der Waals surface area contributed by atoms with E-state index in [2.05, 4.69) is 0 Å². The predicted octanol–water partition coefficient (Wildman–Crippen LogP) is 1.12. The van der Waals surface area contributed by atoms with Crippen molar-refractivity contribution >= 4 is 36.2 Å². The van der Waals surface area contributed by atoms with Gasteiger partial charge in [0.1, 0.15) is 0 Å². The fourth-order valence-electron chi connectivity index (χ4n) is 2.15. The van der Waals surface area contributed by atoms with Crippen LogP contribution in [-0.2, 0) is 19.0 Å². The molecule has 2 atom stereocenters. The molecule has 0 radical (unpaired) electrons. The van der Waals surface area contributed by atoms with Crippen molar-refractivity contribution in [2.75, 3.05) is 6.61 Å². The maximum absolute atomic E-state index is 14.0. The Labute approximate surface area is 148 Å². The summed E-state index contributed by atoms with van der Waals surface area (Å²) < 4.78 is 43.4. The second-order valence-electron chi connectivity index (χ2n) is 5.61. The number of carbonyl (C=O) groups is 2. The first kappa shape index (κ1) is 19.2. The molecule has 1 aromatic rings. The van der Waals surface area contributed by atoms with E-state index >= 15 is 0 Å². The van der Waals surface area contributed by atoms with Gasteiger partial charge in [-0.25, -0.2) is 0 Å². The van der Waals surface area contributed by atoms with E-state index in [4.69, 9.17) is 19.3 Å². The molecule has 1 aliphatic rings. The zero-order valence-corrected chi connectivity index (χ0v) is 16.9. The number of alkyl halides is 2. The third-order valence-electron chi connectivity index (χ3n) is 3.26. The Morgan fingerprint density at radius 1 is 1.38 bits per heavy atom. The molecule has 9 heteroatoms. The minimum absolute atomic E-state index is 0.285. The molecule has 1 N–H and O–H groups in total. The molecule has 0 aliphatic carbocycles. The van der Waals surface area contributed by atoms with Gasteiger partial charge in [-0.3, -0.25) is 0 Å². The van der Waals surface area contributed by atoms with E-state index in [1.807, 2.05) is 0 Å². The summed E-state index contributed by atoms with van der Waals surface area (Å²) in [6.07, 6.45) is -3.59. The van der Waals surface area contributed by atoms with Crippen LogP contribution in [0, 0.1) is 0 Å². The third-order valence-corrected chi connectivity index (χ3v) is 6.93. The molecular formula is C15H17BiF2O6. The average molecular weight is 540 g/mol. The number of hydrogen-bond acceptors (Lipinski definition) is 5. The van der Waals surface area contributed by atoms with Crippen LogP contribution in [0.2, 0.25) is 0 Å². The molecule has 1 saturated heterocycles. The quantitative estimate of drug-likeness (QED) is 0.546. The van der Waals surface area contributed by atoms with E-state index in [0.29, 0.717) is 0 Å². The summed E-state index contributed by atoms with van der Waals surface area (Å²) in [6.45, 7) is 2.73. The Hall–Kier alpha value is -1.18. The van der Waals surface area contributed by atoms with Crippen molar-refractivity contribution in [3.8, 4) is 0 Å². The zero-order chi connectivity index (χ0) is 18.0. The summed E-state index contributed by atoms with van der Waals surface area (Å²) in [4.78, 5) is 23.0. The Kier molecular flexibility index (Phi) is 5.88. The van der Waals surface area contributed by atoms with Gasteiger partial charge in [-0.05, 0) is 0 Å². The molecule has 132 valence electrons. The predicted molar refractivity (Wildman–Crippen MR) is 81.0 cm³/mol. The van der Waals surface area contributed by atoms with Gasteiger partial charge >= 0.3 is 149 Å². The first-order valence-corrected chi connectivity index (χ1v) is 11.0. The first-order valence-electron chi connectivity index (χ1n) is 7.07. The van der Waals surface area contributed by atoms with E-state index in [9.17, 15) is 18.4 Å². The monoisotopic (exact) mass is 540 g/mol. The second kappa shape index (κ2) is 7.37. The van der Waals surface area contributed by atoms with E-state index in [1.54, 1.807) is 30.3 Å². The van der Waals surface area contributed by atoms with Gasteiger partial charge in [0.25, 0.3) is 0 Å². The Balaban J connectivity index is 2.14. The fraction of sp³-hybridized carbons (Fsp3) is 0.467. The maximum atomic E-state index is 14.0. The molecule has 24 heavy (non-hydrogen) atoms. The zero-order valence-electron chi connectivity index (χ0n) is 13.0. The van der Waals surface area contributed by atoms with Crippen molar-refractivity contribution in [3.05, 3.63) is 30.3 Å². The van der Waals surface area contributed by atoms with E-state index in [-0.39, 0.29) is 6.61 Å². The van der Waals surface area contributed by atoms with Gasteiger partial charge in [-0.1, -0.05) is 0 Å². The van der Waals surface area contributed by atoms with Gasteiger partial charge < -0.3 is 0 Å². The SMILES string of the molecule is CC1(C)OC[C@H](C(O[C](=O)[BiH][c]2ccccc2)C(F)(F)C(=O)O)O1. The summed E-state index contributed by atoms with van der Waals surface area (Å²) >= 11 is -2.21. The molecule has 0 bridgehead atoms. The topological polar surface area (TPSA) is 82.1 Å². The van der Waals surface area contributed by atoms with Gasteiger partial charge in [0, 0.05) is 0 Å². The summed E-state index contributed by atoms with van der Waals surface area (Å²) in [5, 5.41) is 8.78. The molecule has 6 nitrogen and oxygen atoms in total. The van der Waals surface area contributed by atoms with E-state index in [1.165, 1.54) is 13.8 Å². The molecule has 0 aromatic heterocycles. The number of hydrogen-bond donors (Lipinski definition) is 1. The van der Waals surface area contributed by atoms with Crippen LogP contribution in [0.5, 0.6) is 0 Å². The minimum atomic E-state index is -4.27. The van der Waals surface area contributed by atoms with Gasteiger partial charge in [0.2, 0.25) is 0 Å². The first-order chi connectivity index (χ1) is 11.1. The van der Waals surface area contributed by atoms with Gasteiger partial charge in [-0.15, -0.1) is 0 Å². The van der Waals surface area contributed by atoms with E-state index in [0.717, 1.165) is 3.27 Å². The molecule has 1 aromatic carbocycles. The van der Waals surface area contributed by atoms with E-state index < -0.39 is 56.8 Å². The number of carboxylic acids is 1. The Morgan fingerprint density at radius 3 is 2.50 bits per heavy atom. The number of carboxylic acid groups (broad SMARTS) is 1. The molecule has 2 rings (SSSR count).